The Morgan fingerprint density at radius 3 is 2.43 bits per heavy atom. The van der Waals surface area contributed by atoms with E-state index in [0.717, 1.165) is 19.1 Å². The standard InChI is InChI=1S/C12H24N2/c1-10(8-13-12(2,3)4)9-14(5)11-6-7-11/h11,13H,1,6-9H2,2-5H3. The van der Waals surface area contributed by atoms with Gasteiger partial charge in [-0.25, -0.2) is 0 Å². The molecule has 0 spiro atoms. The Morgan fingerprint density at radius 1 is 1.43 bits per heavy atom. The molecule has 0 saturated heterocycles. The second-order valence-electron chi connectivity index (χ2n) is 5.50. The van der Waals surface area contributed by atoms with E-state index in [4.69, 9.17) is 0 Å². The van der Waals surface area contributed by atoms with E-state index in [-0.39, 0.29) is 5.54 Å². The van der Waals surface area contributed by atoms with Gasteiger partial charge in [-0.3, -0.25) is 4.90 Å². The van der Waals surface area contributed by atoms with Crippen LogP contribution in [0.15, 0.2) is 12.2 Å². The van der Waals surface area contributed by atoms with Crippen LogP contribution >= 0.6 is 0 Å². The molecule has 0 radical (unpaired) electrons. The zero-order valence-electron chi connectivity index (χ0n) is 10.1. The van der Waals surface area contributed by atoms with Gasteiger partial charge in [0.25, 0.3) is 0 Å². The van der Waals surface area contributed by atoms with E-state index in [0.29, 0.717) is 0 Å². The van der Waals surface area contributed by atoms with Crippen LogP contribution in [0.1, 0.15) is 33.6 Å². The molecule has 2 heteroatoms. The molecule has 0 aromatic rings. The first-order chi connectivity index (χ1) is 6.38. The highest BCUT2D eigenvalue weighted by Gasteiger charge is 2.26. The van der Waals surface area contributed by atoms with Crippen molar-refractivity contribution in [3.8, 4) is 0 Å². The fourth-order valence-corrected chi connectivity index (χ4v) is 1.44. The summed E-state index contributed by atoms with van der Waals surface area (Å²) in [6, 6.07) is 0.835. The number of nitrogens with one attached hydrogen (secondary N) is 1. The lowest BCUT2D eigenvalue weighted by atomic mass is 10.1. The number of likely N-dealkylation sites (N-methyl/N-ethyl adjacent to an activating group) is 1. The van der Waals surface area contributed by atoms with Gasteiger partial charge >= 0.3 is 0 Å². The molecule has 1 saturated carbocycles. The molecule has 2 nitrogen and oxygen atoms in total. The Morgan fingerprint density at radius 2 is 2.00 bits per heavy atom. The van der Waals surface area contributed by atoms with Crippen LogP contribution < -0.4 is 5.32 Å². The summed E-state index contributed by atoms with van der Waals surface area (Å²) in [7, 11) is 2.19. The second kappa shape index (κ2) is 4.45. The van der Waals surface area contributed by atoms with Gasteiger partial charge in [0, 0.05) is 24.7 Å². The average molecular weight is 196 g/mol. The van der Waals surface area contributed by atoms with Gasteiger partial charge in [0.15, 0.2) is 0 Å². The van der Waals surface area contributed by atoms with Gasteiger partial charge in [0.05, 0.1) is 0 Å². The van der Waals surface area contributed by atoms with Crippen LogP contribution in [0.2, 0.25) is 0 Å². The molecule has 0 heterocycles. The predicted molar refractivity (Wildman–Crippen MR) is 62.5 cm³/mol. The number of hydrogen-bond donors (Lipinski definition) is 1. The lowest BCUT2D eigenvalue weighted by molar-refractivity contribution is 0.343. The van der Waals surface area contributed by atoms with Crippen LogP contribution in [0, 0.1) is 0 Å². The number of nitrogens with zero attached hydrogens (tertiary/aromatic N) is 1. The van der Waals surface area contributed by atoms with Crippen molar-refractivity contribution in [1.29, 1.82) is 0 Å². The molecule has 0 aromatic heterocycles. The molecular formula is C12H24N2. The van der Waals surface area contributed by atoms with Crippen molar-refractivity contribution < 1.29 is 0 Å². The first-order valence-corrected chi connectivity index (χ1v) is 5.50. The van der Waals surface area contributed by atoms with E-state index in [9.17, 15) is 0 Å². The van der Waals surface area contributed by atoms with Crippen molar-refractivity contribution in [2.24, 2.45) is 0 Å². The molecule has 1 fully saturated rings. The molecule has 82 valence electrons. The maximum atomic E-state index is 4.10. The molecule has 1 aliphatic rings. The molecule has 0 aromatic carbocycles. The minimum absolute atomic E-state index is 0.196. The quantitative estimate of drug-likeness (QED) is 0.677. The molecule has 1 rings (SSSR count). The second-order valence-corrected chi connectivity index (χ2v) is 5.50. The smallest absolute Gasteiger partial charge is 0.0202 e. The van der Waals surface area contributed by atoms with Gasteiger partial charge in [-0.15, -0.1) is 0 Å². The van der Waals surface area contributed by atoms with Gasteiger partial charge in [-0.2, -0.15) is 0 Å². The average Bonchev–Trinajstić information content (AvgIpc) is 2.81. The van der Waals surface area contributed by atoms with Gasteiger partial charge in [-0.1, -0.05) is 6.58 Å². The summed E-state index contributed by atoms with van der Waals surface area (Å²) in [6.45, 7) is 12.6. The summed E-state index contributed by atoms with van der Waals surface area (Å²) in [4.78, 5) is 2.41. The van der Waals surface area contributed by atoms with E-state index in [2.05, 4.69) is 44.6 Å². The Kier molecular flexibility index (Phi) is 3.73. The van der Waals surface area contributed by atoms with Crippen molar-refractivity contribution in [3.05, 3.63) is 12.2 Å². The molecule has 0 aliphatic heterocycles. The third-order valence-electron chi connectivity index (χ3n) is 2.51. The lowest BCUT2D eigenvalue weighted by Gasteiger charge is -2.23. The zero-order chi connectivity index (χ0) is 10.8. The van der Waals surface area contributed by atoms with E-state index in [1.54, 1.807) is 0 Å². The molecule has 1 aliphatic carbocycles. The third-order valence-corrected chi connectivity index (χ3v) is 2.51. The Hall–Kier alpha value is -0.340. The van der Waals surface area contributed by atoms with Crippen molar-refractivity contribution >= 4 is 0 Å². The summed E-state index contributed by atoms with van der Waals surface area (Å²) < 4.78 is 0. The number of rotatable bonds is 5. The zero-order valence-corrected chi connectivity index (χ0v) is 10.1. The van der Waals surface area contributed by atoms with Gasteiger partial charge < -0.3 is 5.32 Å². The van der Waals surface area contributed by atoms with E-state index in [1.807, 2.05) is 0 Å². The topological polar surface area (TPSA) is 15.3 Å². The summed E-state index contributed by atoms with van der Waals surface area (Å²) in [5.41, 5.74) is 1.48. The minimum atomic E-state index is 0.196. The van der Waals surface area contributed by atoms with Gasteiger partial charge in [0.2, 0.25) is 0 Å². The van der Waals surface area contributed by atoms with Crippen molar-refractivity contribution in [1.82, 2.24) is 10.2 Å². The summed E-state index contributed by atoms with van der Waals surface area (Å²) >= 11 is 0. The van der Waals surface area contributed by atoms with Crippen LogP contribution in [-0.2, 0) is 0 Å². The summed E-state index contributed by atoms with van der Waals surface area (Å²) in [5, 5.41) is 3.46. The molecular weight excluding hydrogens is 172 g/mol. The highest BCUT2D eigenvalue weighted by Crippen LogP contribution is 2.25. The van der Waals surface area contributed by atoms with Crippen molar-refractivity contribution in [2.45, 2.75) is 45.2 Å². The maximum absolute atomic E-state index is 4.10. The van der Waals surface area contributed by atoms with Crippen molar-refractivity contribution in [3.63, 3.8) is 0 Å². The lowest BCUT2D eigenvalue weighted by Crippen LogP contribution is -2.38. The van der Waals surface area contributed by atoms with Crippen LogP contribution in [-0.4, -0.2) is 36.6 Å². The first-order valence-electron chi connectivity index (χ1n) is 5.50. The third kappa shape index (κ3) is 4.77. The molecule has 0 atom stereocenters. The molecule has 1 N–H and O–H groups in total. The maximum Gasteiger partial charge on any atom is 0.0202 e. The van der Waals surface area contributed by atoms with Crippen LogP contribution in [0.3, 0.4) is 0 Å². The Bertz CT molecular complexity index is 199. The monoisotopic (exact) mass is 196 g/mol. The molecule has 0 unspecified atom stereocenters. The van der Waals surface area contributed by atoms with Crippen LogP contribution in [0.4, 0.5) is 0 Å². The van der Waals surface area contributed by atoms with Crippen molar-refractivity contribution in [2.75, 3.05) is 20.1 Å². The van der Waals surface area contributed by atoms with Gasteiger partial charge in [-0.05, 0) is 46.2 Å². The SMILES string of the molecule is C=C(CNC(C)(C)C)CN(C)C1CC1. The normalized spacial score (nSPS) is 17.5. The minimum Gasteiger partial charge on any atom is -0.308 e. The Balaban J connectivity index is 2.15. The molecule has 0 amide bonds. The highest BCUT2D eigenvalue weighted by atomic mass is 15.2. The fourth-order valence-electron chi connectivity index (χ4n) is 1.44. The van der Waals surface area contributed by atoms with Crippen LogP contribution in [0.5, 0.6) is 0 Å². The Labute approximate surface area is 88.4 Å². The first kappa shape index (κ1) is 11.7. The molecule has 0 bridgehead atoms. The fraction of sp³-hybridized carbons (Fsp3) is 0.833. The van der Waals surface area contributed by atoms with Crippen LogP contribution in [0.25, 0.3) is 0 Å². The summed E-state index contributed by atoms with van der Waals surface area (Å²) in [5.74, 6) is 0. The van der Waals surface area contributed by atoms with E-state index >= 15 is 0 Å². The van der Waals surface area contributed by atoms with E-state index < -0.39 is 0 Å². The van der Waals surface area contributed by atoms with E-state index in [1.165, 1.54) is 18.4 Å². The summed E-state index contributed by atoms with van der Waals surface area (Å²) in [6.07, 6.45) is 2.74. The predicted octanol–water partition coefficient (Wildman–Crippen LogP) is 2.02. The highest BCUT2D eigenvalue weighted by molar-refractivity contribution is 5.02. The van der Waals surface area contributed by atoms with Gasteiger partial charge in [0.1, 0.15) is 0 Å². The largest absolute Gasteiger partial charge is 0.308 e. The molecule has 14 heavy (non-hydrogen) atoms. The number of hydrogen-bond acceptors (Lipinski definition) is 2.